The highest BCUT2D eigenvalue weighted by atomic mass is 35.5. The van der Waals surface area contributed by atoms with E-state index in [4.69, 9.17) is 39.5 Å². The summed E-state index contributed by atoms with van der Waals surface area (Å²) in [4.78, 5) is 11.6. The van der Waals surface area contributed by atoms with Gasteiger partial charge in [0.15, 0.2) is 5.78 Å². The molecule has 0 radical (unpaired) electrons. The number of halogens is 3. The van der Waals surface area contributed by atoms with Crippen LogP contribution in [0, 0.1) is 0 Å². The van der Waals surface area contributed by atoms with Crippen LogP contribution in [0.15, 0.2) is 12.2 Å². The van der Waals surface area contributed by atoms with Gasteiger partial charge in [0.1, 0.15) is 17.1 Å². The molecule has 1 fully saturated rings. The first-order chi connectivity index (χ1) is 5.88. The highest BCUT2D eigenvalue weighted by Crippen LogP contribution is 2.48. The monoisotopic (exact) mass is 240 g/mol. The van der Waals surface area contributed by atoms with Crippen LogP contribution in [0.4, 0.5) is 0 Å². The quantitative estimate of drug-likeness (QED) is 0.479. The lowest BCUT2D eigenvalue weighted by Crippen LogP contribution is -2.58. The number of carbonyl (C=O) groups is 1. The molecule has 0 unspecified atom stereocenters. The van der Waals surface area contributed by atoms with Crippen molar-refractivity contribution in [1.82, 2.24) is 0 Å². The lowest BCUT2D eigenvalue weighted by atomic mass is 9.95. The number of hydrogen-bond acceptors (Lipinski definition) is 2. The zero-order valence-electron chi connectivity index (χ0n) is 6.76. The fourth-order valence-electron chi connectivity index (χ4n) is 1.54. The zero-order chi connectivity index (χ0) is 9.85. The van der Waals surface area contributed by atoms with Crippen molar-refractivity contribution in [3.05, 3.63) is 12.2 Å². The summed E-state index contributed by atoms with van der Waals surface area (Å²) < 4.78 is 3.87. The van der Waals surface area contributed by atoms with Crippen molar-refractivity contribution in [2.75, 3.05) is 0 Å². The largest absolute Gasteiger partial charge is 0.358 e. The minimum absolute atomic E-state index is 0.388. The summed E-state index contributed by atoms with van der Waals surface area (Å²) in [7, 11) is 0. The molecule has 13 heavy (non-hydrogen) atoms. The number of Topliss-reactive ketones (excluding diaryl/α,β-unsaturated/α-hetero) is 1. The van der Waals surface area contributed by atoms with Crippen molar-refractivity contribution in [1.29, 1.82) is 0 Å². The van der Waals surface area contributed by atoms with Crippen LogP contribution in [0.25, 0.3) is 0 Å². The summed E-state index contributed by atoms with van der Waals surface area (Å²) in [5.41, 5.74) is -0.941. The zero-order valence-corrected chi connectivity index (χ0v) is 9.03. The first kappa shape index (κ1) is 9.78. The van der Waals surface area contributed by atoms with E-state index in [0.29, 0.717) is 0 Å². The Morgan fingerprint density at radius 3 is 2.77 bits per heavy atom. The molecule has 72 valence electrons. The van der Waals surface area contributed by atoms with E-state index in [1.54, 1.807) is 19.1 Å². The van der Waals surface area contributed by atoms with Gasteiger partial charge in [-0.1, -0.05) is 35.4 Å². The Kier molecular flexibility index (Phi) is 1.98. The van der Waals surface area contributed by atoms with Crippen molar-refractivity contribution in [2.45, 2.75) is 28.3 Å². The van der Waals surface area contributed by atoms with Crippen LogP contribution in [-0.2, 0) is 9.53 Å². The summed E-state index contributed by atoms with van der Waals surface area (Å²) in [6, 6.07) is 0. The first-order valence-electron chi connectivity index (χ1n) is 3.82. The molecule has 1 saturated heterocycles. The van der Waals surface area contributed by atoms with E-state index in [1.807, 2.05) is 0 Å². The van der Waals surface area contributed by atoms with Gasteiger partial charge in [0.25, 0.3) is 0 Å². The van der Waals surface area contributed by atoms with Crippen molar-refractivity contribution < 1.29 is 9.53 Å². The fraction of sp³-hybridized carbons (Fsp3) is 0.625. The molecule has 0 spiro atoms. The van der Waals surface area contributed by atoms with E-state index in [0.717, 1.165) is 0 Å². The molecular formula is C8H7Cl3O2. The molecule has 0 saturated carbocycles. The molecule has 0 aromatic heterocycles. The van der Waals surface area contributed by atoms with Gasteiger partial charge in [-0.2, -0.15) is 0 Å². The lowest BCUT2D eigenvalue weighted by Gasteiger charge is -2.41. The number of hydrogen-bond donors (Lipinski definition) is 0. The van der Waals surface area contributed by atoms with Gasteiger partial charge in [-0.25, -0.2) is 0 Å². The SMILES string of the molecule is C[C@@]12C=C[C@@H](O1)[C@@H](Cl)C(=O)C2(Cl)Cl. The third kappa shape index (κ3) is 1.09. The number of ether oxygens (including phenoxy) is 1. The van der Waals surface area contributed by atoms with Gasteiger partial charge in [-0.05, 0) is 6.92 Å². The van der Waals surface area contributed by atoms with E-state index >= 15 is 0 Å². The summed E-state index contributed by atoms with van der Waals surface area (Å²) in [6.45, 7) is 1.67. The minimum Gasteiger partial charge on any atom is -0.358 e. The first-order valence-corrected chi connectivity index (χ1v) is 5.01. The van der Waals surface area contributed by atoms with E-state index in [2.05, 4.69) is 0 Å². The second kappa shape index (κ2) is 2.63. The molecule has 2 heterocycles. The van der Waals surface area contributed by atoms with Crippen molar-refractivity contribution in [3.63, 3.8) is 0 Å². The molecule has 2 aliphatic rings. The second-order valence-electron chi connectivity index (χ2n) is 3.39. The van der Waals surface area contributed by atoms with Crippen LogP contribution in [0.1, 0.15) is 6.92 Å². The molecule has 0 N–H and O–H groups in total. The molecule has 0 aromatic carbocycles. The Hall–Kier alpha value is 0.240. The predicted octanol–water partition coefficient (Wildman–Crippen LogP) is 2.06. The summed E-state index contributed by atoms with van der Waals surface area (Å²) in [5.74, 6) is -0.388. The Bertz CT molecular complexity index is 300. The highest BCUT2D eigenvalue weighted by molar-refractivity contribution is 6.62. The van der Waals surface area contributed by atoms with Crippen molar-refractivity contribution in [2.24, 2.45) is 0 Å². The smallest absolute Gasteiger partial charge is 0.209 e. The standard InChI is InChI=1S/C8H7Cl3O2/c1-7-3-2-4(13-7)5(9)6(12)8(7,10)11/h2-5H,1H3/t4-,5-,7+/m1/s1. The minimum atomic E-state index is -1.58. The van der Waals surface area contributed by atoms with Gasteiger partial charge in [0.2, 0.25) is 4.33 Å². The Morgan fingerprint density at radius 1 is 1.54 bits per heavy atom. The Labute approximate surface area is 90.8 Å². The Balaban J connectivity index is 2.48. The maximum Gasteiger partial charge on any atom is 0.209 e. The van der Waals surface area contributed by atoms with Crippen LogP contribution in [0.5, 0.6) is 0 Å². The van der Waals surface area contributed by atoms with Gasteiger partial charge in [-0.15, -0.1) is 11.6 Å². The van der Waals surface area contributed by atoms with E-state index in [9.17, 15) is 4.79 Å². The van der Waals surface area contributed by atoms with Gasteiger partial charge in [0, 0.05) is 0 Å². The molecule has 2 rings (SSSR count). The molecule has 0 aliphatic carbocycles. The summed E-state index contributed by atoms with van der Waals surface area (Å²) in [5, 5.41) is -0.790. The van der Waals surface area contributed by atoms with E-state index < -0.39 is 21.4 Å². The maximum atomic E-state index is 11.6. The van der Waals surface area contributed by atoms with Crippen LogP contribution < -0.4 is 0 Å². The van der Waals surface area contributed by atoms with Crippen LogP contribution >= 0.6 is 34.8 Å². The lowest BCUT2D eigenvalue weighted by molar-refractivity contribution is -0.136. The van der Waals surface area contributed by atoms with Gasteiger partial charge < -0.3 is 4.74 Å². The Morgan fingerprint density at radius 2 is 2.15 bits per heavy atom. The van der Waals surface area contributed by atoms with Crippen LogP contribution in [-0.4, -0.2) is 27.2 Å². The fourth-order valence-corrected chi connectivity index (χ4v) is 2.40. The van der Waals surface area contributed by atoms with Crippen molar-refractivity contribution in [3.8, 4) is 0 Å². The number of rotatable bonds is 0. The van der Waals surface area contributed by atoms with E-state index in [-0.39, 0.29) is 5.78 Å². The molecule has 5 heteroatoms. The maximum absolute atomic E-state index is 11.6. The molecule has 3 atom stereocenters. The number of fused-ring (bicyclic) bond motifs is 2. The van der Waals surface area contributed by atoms with Gasteiger partial charge in [-0.3, -0.25) is 4.79 Å². The molecular weight excluding hydrogens is 234 g/mol. The third-order valence-corrected chi connectivity index (χ3v) is 4.03. The topological polar surface area (TPSA) is 26.3 Å². The third-order valence-electron chi connectivity index (χ3n) is 2.46. The average Bonchev–Trinajstić information content (AvgIpc) is 2.43. The number of ketones is 1. The molecule has 2 aliphatic heterocycles. The summed E-state index contributed by atoms with van der Waals surface area (Å²) in [6.07, 6.45) is 3.02. The van der Waals surface area contributed by atoms with Crippen LogP contribution in [0.2, 0.25) is 0 Å². The summed E-state index contributed by atoms with van der Waals surface area (Å²) >= 11 is 17.6. The molecule has 2 bridgehead atoms. The molecule has 0 amide bonds. The highest BCUT2D eigenvalue weighted by Gasteiger charge is 2.61. The van der Waals surface area contributed by atoms with Gasteiger partial charge >= 0.3 is 0 Å². The predicted molar refractivity (Wildman–Crippen MR) is 51.5 cm³/mol. The molecule has 2 nitrogen and oxygen atoms in total. The molecule has 0 aromatic rings. The van der Waals surface area contributed by atoms with Crippen LogP contribution in [0.3, 0.4) is 0 Å². The average molecular weight is 242 g/mol. The van der Waals surface area contributed by atoms with Crippen molar-refractivity contribution >= 4 is 40.6 Å². The number of carbonyl (C=O) groups excluding carboxylic acids is 1. The van der Waals surface area contributed by atoms with Gasteiger partial charge in [0.05, 0.1) is 0 Å². The second-order valence-corrected chi connectivity index (χ2v) is 5.19. The normalized spacial score (nSPS) is 46.9. The van der Waals surface area contributed by atoms with E-state index in [1.165, 1.54) is 0 Å². The number of alkyl halides is 3.